The number of carbonyl (C=O) groups is 1. The minimum Gasteiger partial charge on any atom is -0.394 e. The lowest BCUT2D eigenvalue weighted by atomic mass is 10.1. The van der Waals surface area contributed by atoms with Crippen molar-refractivity contribution in [3.8, 4) is 0 Å². The van der Waals surface area contributed by atoms with Crippen molar-refractivity contribution in [1.82, 2.24) is 5.32 Å². The number of nitrogens with zero attached hydrogens (tertiary/aromatic N) is 1. The minimum absolute atomic E-state index is 0.210. The van der Waals surface area contributed by atoms with E-state index in [2.05, 4.69) is 5.32 Å². The van der Waals surface area contributed by atoms with Crippen LogP contribution >= 0.6 is 11.6 Å². The normalized spacial score (nSPS) is 15.5. The largest absolute Gasteiger partial charge is 0.394 e. The molecule has 0 aromatic heterocycles. The first-order valence-electron chi connectivity index (χ1n) is 9.14. The van der Waals surface area contributed by atoms with Gasteiger partial charge in [-0.05, 0) is 35.9 Å². The summed E-state index contributed by atoms with van der Waals surface area (Å²) in [6.45, 7) is 1.77. The van der Waals surface area contributed by atoms with Crippen LogP contribution in [0.15, 0.2) is 42.5 Å². The summed E-state index contributed by atoms with van der Waals surface area (Å²) in [4.78, 5) is 14.1. The molecule has 29 heavy (non-hydrogen) atoms. The highest BCUT2D eigenvalue weighted by Crippen LogP contribution is 2.25. The van der Waals surface area contributed by atoms with Crippen LogP contribution in [0.1, 0.15) is 17.2 Å². The fourth-order valence-corrected chi connectivity index (χ4v) is 3.21. The lowest BCUT2D eigenvalue weighted by Crippen LogP contribution is -2.37. The molecule has 1 atom stereocenters. The maximum Gasteiger partial charge on any atom is 0.244 e. The molecule has 0 unspecified atom stereocenters. The van der Waals surface area contributed by atoms with Gasteiger partial charge >= 0.3 is 0 Å². The van der Waals surface area contributed by atoms with E-state index in [0.717, 1.165) is 6.07 Å². The molecule has 2 N–H and O–H groups in total. The molecule has 1 aliphatic heterocycles. The number of anilines is 1. The Labute approximate surface area is 172 Å². The van der Waals surface area contributed by atoms with Crippen molar-refractivity contribution in [3.63, 3.8) is 0 Å². The summed E-state index contributed by atoms with van der Waals surface area (Å²) >= 11 is 5.71. The maximum atomic E-state index is 14.3. The molecule has 2 aromatic carbocycles. The van der Waals surface area contributed by atoms with Crippen molar-refractivity contribution < 1.29 is 23.4 Å². The predicted molar refractivity (Wildman–Crippen MR) is 108 cm³/mol. The highest BCUT2D eigenvalue weighted by molar-refractivity contribution is 6.30. The van der Waals surface area contributed by atoms with Gasteiger partial charge in [-0.1, -0.05) is 23.7 Å². The van der Waals surface area contributed by atoms with E-state index in [-0.39, 0.29) is 23.0 Å². The SMILES string of the molecule is O=C(C=Cc1ccc(Cl)cc1F)N[C@@H](CO)c1ccc(F)c(N2CCOCC2)c1. The van der Waals surface area contributed by atoms with Gasteiger partial charge in [0, 0.05) is 29.8 Å². The number of amides is 1. The van der Waals surface area contributed by atoms with E-state index in [1.54, 1.807) is 6.07 Å². The Balaban J connectivity index is 1.72. The molecule has 1 saturated heterocycles. The number of aliphatic hydroxyl groups excluding tert-OH is 1. The van der Waals surface area contributed by atoms with Gasteiger partial charge in [-0.25, -0.2) is 8.78 Å². The minimum atomic E-state index is -0.734. The van der Waals surface area contributed by atoms with E-state index in [9.17, 15) is 18.7 Å². The van der Waals surface area contributed by atoms with Crippen LogP contribution < -0.4 is 10.2 Å². The highest BCUT2D eigenvalue weighted by Gasteiger charge is 2.19. The second-order valence-corrected chi connectivity index (χ2v) is 6.99. The number of hydrogen-bond donors (Lipinski definition) is 2. The highest BCUT2D eigenvalue weighted by atomic mass is 35.5. The summed E-state index contributed by atoms with van der Waals surface area (Å²) in [5.41, 5.74) is 1.17. The fraction of sp³-hybridized carbons (Fsp3) is 0.286. The van der Waals surface area contributed by atoms with Crippen LogP contribution in [0.25, 0.3) is 6.08 Å². The molecular formula is C21H21ClF2N2O3. The summed E-state index contributed by atoms with van der Waals surface area (Å²) < 4.78 is 33.4. The van der Waals surface area contributed by atoms with E-state index in [4.69, 9.17) is 16.3 Å². The smallest absolute Gasteiger partial charge is 0.244 e. The van der Waals surface area contributed by atoms with Crippen molar-refractivity contribution in [2.24, 2.45) is 0 Å². The zero-order valence-corrected chi connectivity index (χ0v) is 16.3. The van der Waals surface area contributed by atoms with Gasteiger partial charge in [0.05, 0.1) is 31.5 Å². The van der Waals surface area contributed by atoms with Gasteiger partial charge in [-0.3, -0.25) is 4.79 Å². The van der Waals surface area contributed by atoms with E-state index < -0.39 is 17.8 Å². The average Bonchev–Trinajstić information content (AvgIpc) is 2.72. The standard InChI is InChI=1S/C21H21ClF2N2O3/c22-16-4-1-14(18(24)12-16)3-6-21(28)25-19(13-27)15-2-5-17(23)20(11-15)26-7-9-29-10-8-26/h1-6,11-12,19,27H,7-10,13H2,(H,25,28)/t19-/m0/s1. The molecule has 154 valence electrons. The van der Waals surface area contributed by atoms with Crippen molar-refractivity contribution in [1.29, 1.82) is 0 Å². The summed E-state index contributed by atoms with van der Waals surface area (Å²) in [5, 5.41) is 12.6. The van der Waals surface area contributed by atoms with Crippen molar-refractivity contribution in [3.05, 3.63) is 70.3 Å². The maximum absolute atomic E-state index is 14.3. The molecule has 0 saturated carbocycles. The third-order valence-corrected chi connectivity index (χ3v) is 4.84. The Morgan fingerprint density at radius 1 is 1.21 bits per heavy atom. The predicted octanol–water partition coefficient (Wildman–Crippen LogP) is 3.32. The Bertz CT molecular complexity index is 901. The fourth-order valence-electron chi connectivity index (χ4n) is 3.05. The number of morpholine rings is 1. The van der Waals surface area contributed by atoms with Gasteiger partial charge in [-0.15, -0.1) is 0 Å². The monoisotopic (exact) mass is 422 g/mol. The quantitative estimate of drug-likeness (QED) is 0.701. The topological polar surface area (TPSA) is 61.8 Å². The molecular weight excluding hydrogens is 402 g/mol. The van der Waals surface area contributed by atoms with Crippen molar-refractivity contribution >= 4 is 29.3 Å². The number of carbonyl (C=O) groups excluding carboxylic acids is 1. The lowest BCUT2D eigenvalue weighted by molar-refractivity contribution is -0.117. The lowest BCUT2D eigenvalue weighted by Gasteiger charge is -2.30. The molecule has 0 spiro atoms. The average molecular weight is 423 g/mol. The Morgan fingerprint density at radius 3 is 2.66 bits per heavy atom. The molecule has 0 bridgehead atoms. The van der Waals surface area contributed by atoms with Crippen LogP contribution in [0, 0.1) is 11.6 Å². The second-order valence-electron chi connectivity index (χ2n) is 6.55. The molecule has 8 heteroatoms. The van der Waals surface area contributed by atoms with Crippen LogP contribution in [-0.4, -0.2) is 43.9 Å². The molecule has 0 radical (unpaired) electrons. The van der Waals surface area contributed by atoms with Crippen LogP contribution in [0.5, 0.6) is 0 Å². The van der Waals surface area contributed by atoms with E-state index in [0.29, 0.717) is 37.6 Å². The number of aliphatic hydroxyl groups is 1. The number of ether oxygens (including phenoxy) is 1. The zero-order chi connectivity index (χ0) is 20.8. The zero-order valence-electron chi connectivity index (χ0n) is 15.6. The summed E-state index contributed by atoms with van der Waals surface area (Å²) in [5.74, 6) is -1.44. The summed E-state index contributed by atoms with van der Waals surface area (Å²) in [6, 6.07) is 7.84. The molecule has 1 heterocycles. The van der Waals surface area contributed by atoms with Crippen LogP contribution in [-0.2, 0) is 9.53 Å². The van der Waals surface area contributed by atoms with E-state index in [1.165, 1.54) is 36.4 Å². The Morgan fingerprint density at radius 2 is 1.97 bits per heavy atom. The number of halogens is 3. The molecule has 2 aromatic rings. The van der Waals surface area contributed by atoms with Gasteiger partial charge in [0.2, 0.25) is 5.91 Å². The van der Waals surface area contributed by atoms with Crippen molar-refractivity contribution in [2.75, 3.05) is 37.8 Å². The molecule has 1 aliphatic rings. The Hall–Kier alpha value is -2.48. The number of benzene rings is 2. The number of nitrogens with one attached hydrogen (secondary N) is 1. The first kappa shape index (κ1) is 21.2. The van der Waals surface area contributed by atoms with E-state index in [1.807, 2.05) is 4.90 Å². The summed E-state index contributed by atoms with van der Waals surface area (Å²) in [7, 11) is 0. The van der Waals surface area contributed by atoms with Gasteiger partial charge in [0.15, 0.2) is 0 Å². The molecule has 5 nitrogen and oxygen atoms in total. The Kier molecular flexibility index (Phi) is 7.19. The number of hydrogen-bond acceptors (Lipinski definition) is 4. The number of rotatable bonds is 6. The van der Waals surface area contributed by atoms with Gasteiger partial charge in [0.1, 0.15) is 11.6 Å². The first-order chi connectivity index (χ1) is 14.0. The van der Waals surface area contributed by atoms with Crippen LogP contribution in [0.2, 0.25) is 5.02 Å². The third-order valence-electron chi connectivity index (χ3n) is 4.60. The first-order valence-corrected chi connectivity index (χ1v) is 9.52. The van der Waals surface area contributed by atoms with Gasteiger partial charge in [0.25, 0.3) is 0 Å². The second kappa shape index (κ2) is 9.82. The molecule has 1 amide bonds. The van der Waals surface area contributed by atoms with Crippen molar-refractivity contribution in [2.45, 2.75) is 6.04 Å². The van der Waals surface area contributed by atoms with Crippen LogP contribution in [0.3, 0.4) is 0 Å². The molecule has 3 rings (SSSR count). The summed E-state index contributed by atoms with van der Waals surface area (Å²) in [6.07, 6.45) is 2.49. The van der Waals surface area contributed by atoms with Gasteiger partial charge in [-0.2, -0.15) is 0 Å². The molecule has 1 fully saturated rings. The third kappa shape index (κ3) is 5.53. The van der Waals surface area contributed by atoms with E-state index >= 15 is 0 Å². The van der Waals surface area contributed by atoms with Gasteiger partial charge < -0.3 is 20.1 Å². The molecule has 0 aliphatic carbocycles. The van der Waals surface area contributed by atoms with Crippen LogP contribution in [0.4, 0.5) is 14.5 Å².